The van der Waals surface area contributed by atoms with Crippen molar-refractivity contribution >= 4 is 45.3 Å². The molecule has 4 heterocycles. The van der Waals surface area contributed by atoms with Crippen LogP contribution in [-0.2, 0) is 0 Å². The van der Waals surface area contributed by atoms with Crippen molar-refractivity contribution in [1.82, 2.24) is 0 Å². The lowest BCUT2D eigenvalue weighted by Crippen LogP contribution is -2.10. The van der Waals surface area contributed by atoms with Gasteiger partial charge in [-0.25, -0.2) is 0 Å². The minimum Gasteiger partial charge on any atom is -0.148 e. The molecule has 0 saturated carbocycles. The van der Waals surface area contributed by atoms with Crippen molar-refractivity contribution in [3.63, 3.8) is 0 Å². The Kier molecular flexibility index (Phi) is 4.26. The Hall–Kier alpha value is -1.20. The molecule has 4 aromatic rings. The predicted octanol–water partition coefficient (Wildman–Crippen LogP) is 6.90. The first-order valence-electron chi connectivity index (χ1n) is 7.07. The van der Waals surface area contributed by atoms with Crippen LogP contribution in [0.3, 0.4) is 0 Å². The molecular weight excluding hydrogens is 344 g/mol. The van der Waals surface area contributed by atoms with E-state index in [4.69, 9.17) is 0 Å². The minimum absolute atomic E-state index is 0.414. The molecular formula is C18H14S4. The van der Waals surface area contributed by atoms with E-state index in [0.29, 0.717) is 11.8 Å². The summed E-state index contributed by atoms with van der Waals surface area (Å²) in [4.78, 5) is 5.81. The van der Waals surface area contributed by atoms with E-state index in [1.54, 1.807) is 0 Å². The van der Waals surface area contributed by atoms with E-state index in [0.717, 1.165) is 0 Å². The lowest BCUT2D eigenvalue weighted by atomic mass is 9.87. The zero-order valence-electron chi connectivity index (χ0n) is 11.7. The zero-order chi connectivity index (χ0) is 14.8. The molecule has 0 bridgehead atoms. The molecule has 0 unspecified atom stereocenters. The highest BCUT2D eigenvalue weighted by Crippen LogP contribution is 2.47. The van der Waals surface area contributed by atoms with Gasteiger partial charge in [0.05, 0.1) is 0 Å². The van der Waals surface area contributed by atoms with Gasteiger partial charge in [-0.1, -0.05) is 24.3 Å². The summed E-state index contributed by atoms with van der Waals surface area (Å²) in [6.45, 7) is 0. The number of thiophene rings is 4. The van der Waals surface area contributed by atoms with Gasteiger partial charge < -0.3 is 0 Å². The quantitative estimate of drug-likeness (QED) is 0.364. The maximum absolute atomic E-state index is 2.28. The Labute approximate surface area is 146 Å². The van der Waals surface area contributed by atoms with Crippen LogP contribution in [0, 0.1) is 0 Å². The number of hydrogen-bond acceptors (Lipinski definition) is 4. The molecule has 0 aliphatic carbocycles. The highest BCUT2D eigenvalue weighted by atomic mass is 32.1. The fourth-order valence-corrected chi connectivity index (χ4v) is 6.48. The van der Waals surface area contributed by atoms with Crippen molar-refractivity contribution in [1.29, 1.82) is 0 Å². The predicted molar refractivity (Wildman–Crippen MR) is 101 cm³/mol. The van der Waals surface area contributed by atoms with Gasteiger partial charge in [0.25, 0.3) is 0 Å². The molecule has 0 saturated heterocycles. The fraction of sp³-hybridized carbons (Fsp3) is 0.111. The average Bonchev–Trinajstić information content (AvgIpc) is 3.35. The molecule has 4 rings (SSSR count). The molecule has 0 fully saturated rings. The van der Waals surface area contributed by atoms with E-state index in [1.165, 1.54) is 19.5 Å². The molecule has 22 heavy (non-hydrogen) atoms. The van der Waals surface area contributed by atoms with E-state index in [-0.39, 0.29) is 0 Å². The Morgan fingerprint density at radius 1 is 0.455 bits per heavy atom. The van der Waals surface area contributed by atoms with Gasteiger partial charge >= 0.3 is 0 Å². The van der Waals surface area contributed by atoms with Gasteiger partial charge in [-0.2, -0.15) is 0 Å². The van der Waals surface area contributed by atoms with Crippen LogP contribution in [0.25, 0.3) is 0 Å². The standard InChI is InChI=1S/C18H14S4/c1-5-13(19-9-1)17(14-6-2-10-20-14)18(15-7-3-11-21-15)16-8-4-12-22-16/h1-12,17-18H. The molecule has 0 N–H and O–H groups in total. The van der Waals surface area contributed by atoms with Gasteiger partial charge in [-0.3, -0.25) is 0 Å². The minimum atomic E-state index is 0.414. The average molecular weight is 359 g/mol. The lowest BCUT2D eigenvalue weighted by molar-refractivity contribution is 0.741. The molecule has 4 heteroatoms. The third-order valence-electron chi connectivity index (χ3n) is 3.73. The summed E-state index contributed by atoms with van der Waals surface area (Å²) < 4.78 is 0. The van der Waals surface area contributed by atoms with Crippen LogP contribution in [-0.4, -0.2) is 0 Å². The molecule has 4 aromatic heterocycles. The molecule has 0 spiro atoms. The summed E-state index contributed by atoms with van der Waals surface area (Å²) >= 11 is 7.47. The molecule has 0 aromatic carbocycles. The van der Waals surface area contributed by atoms with Crippen molar-refractivity contribution in [3.8, 4) is 0 Å². The molecule has 0 radical (unpaired) electrons. The second kappa shape index (κ2) is 6.50. The van der Waals surface area contributed by atoms with Gasteiger partial charge in [0.1, 0.15) is 0 Å². The number of rotatable bonds is 5. The van der Waals surface area contributed by atoms with Gasteiger partial charge in [0.2, 0.25) is 0 Å². The Morgan fingerprint density at radius 2 is 0.727 bits per heavy atom. The smallest absolute Gasteiger partial charge is 0.0403 e. The van der Waals surface area contributed by atoms with Crippen molar-refractivity contribution in [2.45, 2.75) is 11.8 Å². The topological polar surface area (TPSA) is 0 Å². The van der Waals surface area contributed by atoms with Gasteiger partial charge in [0.15, 0.2) is 0 Å². The van der Waals surface area contributed by atoms with Gasteiger partial charge in [-0.15, -0.1) is 45.3 Å². The van der Waals surface area contributed by atoms with Crippen molar-refractivity contribution in [2.24, 2.45) is 0 Å². The van der Waals surface area contributed by atoms with Crippen LogP contribution in [0.1, 0.15) is 31.3 Å². The maximum atomic E-state index is 2.28. The van der Waals surface area contributed by atoms with Crippen molar-refractivity contribution in [2.75, 3.05) is 0 Å². The molecule has 0 atom stereocenters. The van der Waals surface area contributed by atoms with Crippen molar-refractivity contribution in [3.05, 3.63) is 89.6 Å². The van der Waals surface area contributed by atoms with Crippen LogP contribution < -0.4 is 0 Å². The third kappa shape index (κ3) is 2.72. The van der Waals surface area contributed by atoms with E-state index < -0.39 is 0 Å². The lowest BCUT2D eigenvalue weighted by Gasteiger charge is -2.24. The Bertz CT molecular complexity index is 639. The van der Waals surface area contributed by atoms with Crippen LogP contribution in [0.15, 0.2) is 70.1 Å². The summed E-state index contributed by atoms with van der Waals surface area (Å²) in [5.74, 6) is 0.828. The molecule has 0 nitrogen and oxygen atoms in total. The third-order valence-corrected chi connectivity index (χ3v) is 7.55. The zero-order valence-corrected chi connectivity index (χ0v) is 15.0. The van der Waals surface area contributed by atoms with Crippen LogP contribution in [0.5, 0.6) is 0 Å². The second-order valence-corrected chi connectivity index (χ2v) is 8.93. The van der Waals surface area contributed by atoms with Crippen molar-refractivity contribution < 1.29 is 0 Å². The first-order valence-corrected chi connectivity index (χ1v) is 10.6. The summed E-state index contributed by atoms with van der Waals surface area (Å²) in [6, 6.07) is 17.8. The second-order valence-electron chi connectivity index (χ2n) is 5.02. The maximum Gasteiger partial charge on any atom is 0.0403 e. The van der Waals surface area contributed by atoms with E-state index in [1.807, 2.05) is 45.3 Å². The Morgan fingerprint density at radius 3 is 0.909 bits per heavy atom. The van der Waals surface area contributed by atoms with Crippen LogP contribution in [0.4, 0.5) is 0 Å². The number of hydrogen-bond donors (Lipinski definition) is 0. The monoisotopic (exact) mass is 358 g/mol. The summed E-state index contributed by atoms with van der Waals surface area (Å²) in [7, 11) is 0. The SMILES string of the molecule is c1csc(C(c2cccs2)C(c2cccs2)c2cccs2)c1. The van der Waals surface area contributed by atoms with E-state index >= 15 is 0 Å². The fourth-order valence-electron chi connectivity index (χ4n) is 2.81. The largest absolute Gasteiger partial charge is 0.148 e. The van der Waals surface area contributed by atoms with Gasteiger partial charge in [-0.05, 0) is 45.8 Å². The first-order chi connectivity index (χ1) is 10.9. The summed E-state index contributed by atoms with van der Waals surface area (Å²) in [5, 5.41) is 8.76. The normalized spacial score (nSPS) is 11.5. The van der Waals surface area contributed by atoms with E-state index in [9.17, 15) is 0 Å². The van der Waals surface area contributed by atoms with E-state index in [2.05, 4.69) is 70.1 Å². The van der Waals surface area contributed by atoms with Crippen LogP contribution in [0.2, 0.25) is 0 Å². The first kappa shape index (κ1) is 14.4. The molecule has 0 aliphatic rings. The Balaban J connectivity index is 1.88. The highest BCUT2D eigenvalue weighted by molar-refractivity contribution is 7.12. The summed E-state index contributed by atoms with van der Waals surface area (Å²) in [6.07, 6.45) is 0. The molecule has 110 valence electrons. The highest BCUT2D eigenvalue weighted by Gasteiger charge is 2.30. The molecule has 0 amide bonds. The van der Waals surface area contributed by atoms with Gasteiger partial charge in [0, 0.05) is 31.3 Å². The van der Waals surface area contributed by atoms with Crippen LogP contribution >= 0.6 is 45.3 Å². The summed E-state index contributed by atoms with van der Waals surface area (Å²) in [5.41, 5.74) is 0. The molecule has 0 aliphatic heterocycles.